The fraction of sp³-hybridized carbons (Fsp3) is 0.455. The molecule has 1 aromatic carbocycles. The SMILES string of the molecule is CCC(=O)N(CC(=O)N1CCc2sccc2[C@@H]1COc1ccc(F)cc1)C(C)C. The second-order valence-electron chi connectivity index (χ2n) is 7.39. The number of amides is 2. The number of halogens is 1. The van der Waals surface area contributed by atoms with Crippen LogP contribution in [0.25, 0.3) is 0 Å². The van der Waals surface area contributed by atoms with Gasteiger partial charge in [-0.25, -0.2) is 4.39 Å². The molecule has 2 aromatic rings. The topological polar surface area (TPSA) is 49.9 Å². The van der Waals surface area contributed by atoms with Crippen molar-refractivity contribution in [3.8, 4) is 5.75 Å². The van der Waals surface area contributed by atoms with Gasteiger partial charge in [0.15, 0.2) is 0 Å². The van der Waals surface area contributed by atoms with Gasteiger partial charge in [-0.3, -0.25) is 9.59 Å². The molecule has 1 aromatic heterocycles. The minimum absolute atomic E-state index is 0.0271. The lowest BCUT2D eigenvalue weighted by Gasteiger charge is -2.37. The summed E-state index contributed by atoms with van der Waals surface area (Å²) in [5.74, 6) is 0.137. The Balaban J connectivity index is 1.77. The fourth-order valence-corrected chi connectivity index (χ4v) is 4.51. The molecule has 1 aliphatic heterocycles. The minimum atomic E-state index is -0.318. The molecule has 0 radical (unpaired) electrons. The predicted molar refractivity (Wildman–Crippen MR) is 112 cm³/mol. The van der Waals surface area contributed by atoms with Crippen LogP contribution in [0.2, 0.25) is 0 Å². The van der Waals surface area contributed by atoms with Crippen molar-refractivity contribution in [3.05, 3.63) is 52.0 Å². The van der Waals surface area contributed by atoms with Gasteiger partial charge in [0.05, 0.1) is 12.6 Å². The van der Waals surface area contributed by atoms with Crippen LogP contribution in [0.4, 0.5) is 4.39 Å². The molecule has 0 bridgehead atoms. The highest BCUT2D eigenvalue weighted by atomic mass is 32.1. The molecule has 0 spiro atoms. The number of ether oxygens (including phenoxy) is 1. The van der Waals surface area contributed by atoms with E-state index in [9.17, 15) is 14.0 Å². The van der Waals surface area contributed by atoms with E-state index in [1.54, 1.807) is 35.3 Å². The average molecular weight is 419 g/mol. The van der Waals surface area contributed by atoms with E-state index in [0.29, 0.717) is 18.7 Å². The molecular weight excluding hydrogens is 391 g/mol. The van der Waals surface area contributed by atoms with Crippen LogP contribution in [0, 0.1) is 5.82 Å². The molecule has 0 unspecified atom stereocenters. The summed E-state index contributed by atoms with van der Waals surface area (Å²) in [6.45, 7) is 6.59. The largest absolute Gasteiger partial charge is 0.491 e. The van der Waals surface area contributed by atoms with Crippen molar-refractivity contribution < 1.29 is 18.7 Å². The Morgan fingerprint density at radius 2 is 2.00 bits per heavy atom. The van der Waals surface area contributed by atoms with Crippen LogP contribution in [-0.2, 0) is 16.0 Å². The third kappa shape index (κ3) is 4.96. The zero-order valence-corrected chi connectivity index (χ0v) is 17.9. The van der Waals surface area contributed by atoms with Gasteiger partial charge in [-0.2, -0.15) is 0 Å². The van der Waals surface area contributed by atoms with E-state index in [1.807, 2.05) is 30.2 Å². The maximum absolute atomic E-state index is 13.2. The Morgan fingerprint density at radius 3 is 2.66 bits per heavy atom. The van der Waals surface area contributed by atoms with E-state index >= 15 is 0 Å². The molecular formula is C22H27FN2O3S. The Hall–Kier alpha value is -2.41. The molecule has 0 saturated carbocycles. The molecule has 3 rings (SSSR count). The molecule has 0 fully saturated rings. The molecule has 1 atom stereocenters. The fourth-order valence-electron chi connectivity index (χ4n) is 3.58. The first kappa shape index (κ1) is 21.3. The Morgan fingerprint density at radius 1 is 1.28 bits per heavy atom. The van der Waals surface area contributed by atoms with Crippen LogP contribution in [0.3, 0.4) is 0 Å². The number of thiophene rings is 1. The third-order valence-corrected chi connectivity index (χ3v) is 6.18. The second kappa shape index (κ2) is 9.39. The standard InChI is InChI=1S/C22H27FN2O3S/c1-4-21(26)25(15(2)3)13-22(27)24-11-9-20-18(10-12-29-20)19(24)14-28-17-7-5-16(23)6-8-17/h5-8,10,12,15,19H,4,9,11,13-14H2,1-3H3/t19-/m0/s1. The molecule has 0 saturated heterocycles. The summed E-state index contributed by atoms with van der Waals surface area (Å²) in [6.07, 6.45) is 1.17. The van der Waals surface area contributed by atoms with E-state index < -0.39 is 0 Å². The van der Waals surface area contributed by atoms with Crippen molar-refractivity contribution in [1.82, 2.24) is 9.80 Å². The molecule has 0 aliphatic carbocycles. The molecule has 156 valence electrons. The second-order valence-corrected chi connectivity index (χ2v) is 8.39. The van der Waals surface area contributed by atoms with Gasteiger partial charge in [-0.1, -0.05) is 6.92 Å². The number of carbonyl (C=O) groups is 2. The van der Waals surface area contributed by atoms with Crippen LogP contribution in [0.5, 0.6) is 5.75 Å². The molecule has 2 amide bonds. The van der Waals surface area contributed by atoms with Crippen molar-refractivity contribution >= 4 is 23.2 Å². The predicted octanol–water partition coefficient (Wildman–Crippen LogP) is 4.04. The quantitative estimate of drug-likeness (QED) is 0.682. The molecule has 2 heterocycles. The maximum Gasteiger partial charge on any atom is 0.242 e. The van der Waals surface area contributed by atoms with Crippen molar-refractivity contribution in [2.75, 3.05) is 19.7 Å². The van der Waals surface area contributed by atoms with E-state index in [1.165, 1.54) is 17.0 Å². The normalized spacial score (nSPS) is 15.9. The summed E-state index contributed by atoms with van der Waals surface area (Å²) in [6, 6.07) is 7.64. The first-order chi connectivity index (χ1) is 13.9. The van der Waals surface area contributed by atoms with Gasteiger partial charge in [-0.05, 0) is 61.5 Å². The Kier molecular flexibility index (Phi) is 6.90. The zero-order chi connectivity index (χ0) is 21.0. The minimum Gasteiger partial charge on any atom is -0.491 e. The number of nitrogens with zero attached hydrogens (tertiary/aromatic N) is 2. The molecule has 5 nitrogen and oxygen atoms in total. The summed E-state index contributed by atoms with van der Waals surface area (Å²) in [5, 5.41) is 2.03. The highest BCUT2D eigenvalue weighted by Gasteiger charge is 2.33. The molecule has 1 aliphatic rings. The lowest BCUT2D eigenvalue weighted by Crippen LogP contribution is -2.49. The van der Waals surface area contributed by atoms with Crippen LogP contribution >= 0.6 is 11.3 Å². The monoisotopic (exact) mass is 418 g/mol. The van der Waals surface area contributed by atoms with E-state index in [4.69, 9.17) is 4.74 Å². The lowest BCUT2D eigenvalue weighted by atomic mass is 10.00. The summed E-state index contributed by atoms with van der Waals surface area (Å²) >= 11 is 1.69. The van der Waals surface area contributed by atoms with Crippen molar-refractivity contribution in [2.45, 2.75) is 45.7 Å². The maximum atomic E-state index is 13.2. The Bertz CT molecular complexity index is 850. The van der Waals surface area contributed by atoms with Crippen LogP contribution in [-0.4, -0.2) is 47.4 Å². The van der Waals surface area contributed by atoms with Crippen LogP contribution < -0.4 is 4.74 Å². The van der Waals surface area contributed by atoms with Gasteiger partial charge in [0, 0.05) is 23.9 Å². The molecule has 7 heteroatoms. The number of fused-ring (bicyclic) bond motifs is 1. The van der Waals surface area contributed by atoms with Crippen molar-refractivity contribution in [2.24, 2.45) is 0 Å². The number of hydrogen-bond acceptors (Lipinski definition) is 4. The van der Waals surface area contributed by atoms with Gasteiger partial charge in [0.2, 0.25) is 11.8 Å². The third-order valence-electron chi connectivity index (χ3n) is 5.19. The summed E-state index contributed by atoms with van der Waals surface area (Å²) in [5.41, 5.74) is 1.09. The highest BCUT2D eigenvalue weighted by molar-refractivity contribution is 7.10. The van der Waals surface area contributed by atoms with Gasteiger partial charge in [0.25, 0.3) is 0 Å². The van der Waals surface area contributed by atoms with E-state index in [0.717, 1.165) is 12.0 Å². The smallest absolute Gasteiger partial charge is 0.242 e. The highest BCUT2D eigenvalue weighted by Crippen LogP contribution is 2.34. The molecule has 0 N–H and O–H groups in total. The van der Waals surface area contributed by atoms with Gasteiger partial charge < -0.3 is 14.5 Å². The van der Waals surface area contributed by atoms with Crippen LogP contribution in [0.1, 0.15) is 43.7 Å². The number of benzene rings is 1. The van der Waals surface area contributed by atoms with Crippen molar-refractivity contribution in [1.29, 1.82) is 0 Å². The van der Waals surface area contributed by atoms with E-state index in [-0.39, 0.29) is 42.9 Å². The number of rotatable bonds is 7. The van der Waals surface area contributed by atoms with Gasteiger partial charge in [-0.15, -0.1) is 11.3 Å². The molecule has 29 heavy (non-hydrogen) atoms. The first-order valence-electron chi connectivity index (χ1n) is 9.94. The van der Waals surface area contributed by atoms with Gasteiger partial charge in [0.1, 0.15) is 18.2 Å². The first-order valence-corrected chi connectivity index (χ1v) is 10.8. The van der Waals surface area contributed by atoms with Crippen molar-refractivity contribution in [3.63, 3.8) is 0 Å². The summed E-state index contributed by atoms with van der Waals surface area (Å²) in [7, 11) is 0. The average Bonchev–Trinajstić information content (AvgIpc) is 3.19. The number of hydrogen-bond donors (Lipinski definition) is 0. The lowest BCUT2D eigenvalue weighted by molar-refractivity contribution is -0.144. The summed E-state index contributed by atoms with van der Waals surface area (Å²) in [4.78, 5) is 30.1. The number of carbonyl (C=O) groups excluding carboxylic acids is 2. The zero-order valence-electron chi connectivity index (χ0n) is 17.1. The van der Waals surface area contributed by atoms with Gasteiger partial charge >= 0.3 is 0 Å². The van der Waals surface area contributed by atoms with E-state index in [2.05, 4.69) is 0 Å². The summed E-state index contributed by atoms with van der Waals surface area (Å²) < 4.78 is 19.0. The van der Waals surface area contributed by atoms with Crippen LogP contribution in [0.15, 0.2) is 35.7 Å². The Labute approximate surface area is 175 Å².